The predicted octanol–water partition coefficient (Wildman–Crippen LogP) is 2.99. The standard InChI is InChI=1S/C21H31NO3/c1-12(23)22-19-18(25)11-17-15-5-4-13-10-14(24)6-8-20(13,2)16(15)7-9-21(17,19)3/h10,15-19,25H,4-9,11H2,1-3H3,(H,22,23)/t15-,16+,17-,18+,19-,20+,21-/m0/s1. The average molecular weight is 345 g/mol. The third-order valence-corrected chi connectivity index (χ3v) is 8.35. The Balaban J connectivity index is 1.65. The molecule has 4 rings (SSSR count). The molecule has 0 radical (unpaired) electrons. The van der Waals surface area contributed by atoms with E-state index in [9.17, 15) is 14.7 Å². The molecule has 4 heteroatoms. The van der Waals surface area contributed by atoms with Crippen molar-refractivity contribution >= 4 is 11.7 Å². The summed E-state index contributed by atoms with van der Waals surface area (Å²) < 4.78 is 0. The second kappa shape index (κ2) is 5.67. The molecule has 4 aliphatic carbocycles. The van der Waals surface area contributed by atoms with Gasteiger partial charge in [-0.25, -0.2) is 0 Å². The predicted molar refractivity (Wildman–Crippen MR) is 95.7 cm³/mol. The first-order valence-corrected chi connectivity index (χ1v) is 9.95. The van der Waals surface area contributed by atoms with Gasteiger partial charge in [-0.15, -0.1) is 0 Å². The molecule has 0 unspecified atom stereocenters. The number of nitrogens with one attached hydrogen (secondary N) is 1. The molecule has 0 saturated heterocycles. The van der Waals surface area contributed by atoms with Crippen LogP contribution in [0.1, 0.15) is 65.7 Å². The zero-order valence-electron chi connectivity index (χ0n) is 15.7. The first-order valence-electron chi connectivity index (χ1n) is 9.95. The average Bonchev–Trinajstić information content (AvgIpc) is 2.79. The molecule has 0 aromatic heterocycles. The SMILES string of the molecule is CC(=O)N[C@H]1[C@H](O)C[C@H]2[C@H]3CCC4=CC(=O)CC[C@@]4(C)[C@@H]3CC[C@@]21C. The van der Waals surface area contributed by atoms with Crippen LogP contribution >= 0.6 is 0 Å². The summed E-state index contributed by atoms with van der Waals surface area (Å²) in [6.07, 6.45) is 8.32. The summed E-state index contributed by atoms with van der Waals surface area (Å²) in [5, 5.41) is 13.7. The first-order chi connectivity index (χ1) is 11.8. The molecule has 4 nitrogen and oxygen atoms in total. The van der Waals surface area contributed by atoms with Crippen LogP contribution in [-0.4, -0.2) is 28.9 Å². The van der Waals surface area contributed by atoms with Crippen molar-refractivity contribution in [2.45, 2.75) is 77.9 Å². The Morgan fingerprint density at radius 2 is 1.96 bits per heavy atom. The van der Waals surface area contributed by atoms with Crippen LogP contribution in [0, 0.1) is 28.6 Å². The molecule has 2 N–H and O–H groups in total. The van der Waals surface area contributed by atoms with Gasteiger partial charge in [-0.2, -0.15) is 0 Å². The highest BCUT2D eigenvalue weighted by molar-refractivity contribution is 5.91. The number of hydrogen-bond acceptors (Lipinski definition) is 3. The number of carbonyl (C=O) groups excluding carboxylic acids is 2. The van der Waals surface area contributed by atoms with E-state index < -0.39 is 6.10 Å². The topological polar surface area (TPSA) is 66.4 Å². The Morgan fingerprint density at radius 3 is 2.68 bits per heavy atom. The van der Waals surface area contributed by atoms with Gasteiger partial charge in [0.1, 0.15) is 0 Å². The Morgan fingerprint density at radius 1 is 1.20 bits per heavy atom. The van der Waals surface area contributed by atoms with Gasteiger partial charge in [-0.05, 0) is 73.2 Å². The maximum Gasteiger partial charge on any atom is 0.217 e. The number of carbonyl (C=O) groups is 2. The minimum Gasteiger partial charge on any atom is -0.391 e. The van der Waals surface area contributed by atoms with Crippen molar-refractivity contribution in [3.8, 4) is 0 Å². The molecule has 0 spiro atoms. The second-order valence-corrected chi connectivity index (χ2v) is 9.49. The zero-order chi connectivity index (χ0) is 18.0. The molecular formula is C21H31NO3. The number of aliphatic hydroxyl groups is 1. The Kier molecular flexibility index (Phi) is 3.91. The lowest BCUT2D eigenvalue weighted by atomic mass is 9.47. The van der Waals surface area contributed by atoms with Crippen LogP contribution in [0.2, 0.25) is 0 Å². The third kappa shape index (κ3) is 2.43. The fourth-order valence-electron chi connectivity index (χ4n) is 7.05. The van der Waals surface area contributed by atoms with E-state index in [4.69, 9.17) is 0 Å². The van der Waals surface area contributed by atoms with Crippen molar-refractivity contribution in [2.24, 2.45) is 28.6 Å². The fourth-order valence-corrected chi connectivity index (χ4v) is 7.05. The van der Waals surface area contributed by atoms with Crippen LogP contribution in [0.5, 0.6) is 0 Å². The third-order valence-electron chi connectivity index (χ3n) is 8.35. The van der Waals surface area contributed by atoms with Crippen molar-refractivity contribution < 1.29 is 14.7 Å². The molecule has 0 aromatic rings. The zero-order valence-corrected chi connectivity index (χ0v) is 15.7. The lowest BCUT2D eigenvalue weighted by Gasteiger charge is -2.58. The van der Waals surface area contributed by atoms with Crippen LogP contribution in [0.15, 0.2) is 11.6 Å². The molecule has 0 aromatic carbocycles. The number of ketones is 1. The van der Waals surface area contributed by atoms with Gasteiger partial charge in [0.25, 0.3) is 0 Å². The lowest BCUT2D eigenvalue weighted by molar-refractivity contribution is -0.122. The number of fused-ring (bicyclic) bond motifs is 5. The van der Waals surface area contributed by atoms with Crippen LogP contribution in [0.4, 0.5) is 0 Å². The van der Waals surface area contributed by atoms with Crippen molar-refractivity contribution in [2.75, 3.05) is 0 Å². The summed E-state index contributed by atoms with van der Waals surface area (Å²) >= 11 is 0. The van der Waals surface area contributed by atoms with E-state index in [-0.39, 0.29) is 22.8 Å². The Bertz CT molecular complexity index is 641. The van der Waals surface area contributed by atoms with Gasteiger partial charge in [0.15, 0.2) is 5.78 Å². The van der Waals surface area contributed by atoms with Crippen LogP contribution in [0.3, 0.4) is 0 Å². The summed E-state index contributed by atoms with van der Waals surface area (Å²) in [6.45, 7) is 6.21. The summed E-state index contributed by atoms with van der Waals surface area (Å²) in [5.41, 5.74) is 1.54. The van der Waals surface area contributed by atoms with Crippen LogP contribution < -0.4 is 5.32 Å². The molecule has 1 amide bonds. The molecule has 138 valence electrons. The highest BCUT2D eigenvalue weighted by atomic mass is 16.3. The second-order valence-electron chi connectivity index (χ2n) is 9.49. The fraction of sp³-hybridized carbons (Fsp3) is 0.810. The maximum atomic E-state index is 11.9. The van der Waals surface area contributed by atoms with E-state index >= 15 is 0 Å². The molecule has 7 atom stereocenters. The molecule has 3 saturated carbocycles. The summed E-state index contributed by atoms with van der Waals surface area (Å²) in [5.74, 6) is 1.94. The van der Waals surface area contributed by atoms with E-state index in [1.807, 2.05) is 6.08 Å². The number of amides is 1. The normalized spacial score (nSPS) is 48.9. The minimum atomic E-state index is -0.435. The van der Waals surface area contributed by atoms with Crippen molar-refractivity contribution in [3.05, 3.63) is 11.6 Å². The number of allylic oxidation sites excluding steroid dienone is 1. The van der Waals surface area contributed by atoms with Gasteiger partial charge in [0.2, 0.25) is 5.91 Å². The van der Waals surface area contributed by atoms with Gasteiger partial charge >= 0.3 is 0 Å². The Hall–Kier alpha value is -1.16. The molecule has 0 aliphatic heterocycles. The van der Waals surface area contributed by atoms with E-state index in [1.54, 1.807) is 6.92 Å². The van der Waals surface area contributed by atoms with Crippen LogP contribution in [0.25, 0.3) is 0 Å². The van der Waals surface area contributed by atoms with Gasteiger partial charge in [0.05, 0.1) is 12.1 Å². The molecule has 4 aliphatic rings. The van der Waals surface area contributed by atoms with E-state index in [2.05, 4.69) is 19.2 Å². The summed E-state index contributed by atoms with van der Waals surface area (Å²) in [4.78, 5) is 23.5. The first kappa shape index (κ1) is 17.3. The van der Waals surface area contributed by atoms with Crippen molar-refractivity contribution in [1.29, 1.82) is 0 Å². The highest BCUT2D eigenvalue weighted by Gasteiger charge is 2.61. The van der Waals surface area contributed by atoms with Gasteiger partial charge < -0.3 is 10.4 Å². The van der Waals surface area contributed by atoms with E-state index in [0.717, 1.165) is 38.5 Å². The minimum absolute atomic E-state index is 0.00564. The molecule has 25 heavy (non-hydrogen) atoms. The van der Waals surface area contributed by atoms with Crippen LogP contribution in [-0.2, 0) is 9.59 Å². The molecule has 0 heterocycles. The van der Waals surface area contributed by atoms with Crippen molar-refractivity contribution in [1.82, 2.24) is 5.32 Å². The van der Waals surface area contributed by atoms with Gasteiger partial charge in [0, 0.05) is 13.3 Å². The number of aliphatic hydroxyl groups excluding tert-OH is 1. The smallest absolute Gasteiger partial charge is 0.217 e. The quantitative estimate of drug-likeness (QED) is 0.768. The summed E-state index contributed by atoms with van der Waals surface area (Å²) in [6, 6.07) is -0.117. The Labute approximate surface area is 150 Å². The highest BCUT2D eigenvalue weighted by Crippen LogP contribution is 2.65. The molecule has 0 bridgehead atoms. The molecule has 3 fully saturated rings. The van der Waals surface area contributed by atoms with E-state index in [1.165, 1.54) is 5.57 Å². The maximum absolute atomic E-state index is 11.9. The van der Waals surface area contributed by atoms with E-state index in [0.29, 0.717) is 30.0 Å². The number of hydrogen-bond donors (Lipinski definition) is 2. The molecular weight excluding hydrogens is 314 g/mol. The largest absolute Gasteiger partial charge is 0.391 e. The van der Waals surface area contributed by atoms with Crippen molar-refractivity contribution in [3.63, 3.8) is 0 Å². The number of rotatable bonds is 1. The summed E-state index contributed by atoms with van der Waals surface area (Å²) in [7, 11) is 0. The van der Waals surface area contributed by atoms with Gasteiger partial charge in [-0.1, -0.05) is 19.4 Å². The monoisotopic (exact) mass is 345 g/mol. The lowest BCUT2D eigenvalue weighted by Crippen LogP contribution is -2.55. The van der Waals surface area contributed by atoms with Gasteiger partial charge in [-0.3, -0.25) is 9.59 Å².